The van der Waals surface area contributed by atoms with E-state index in [9.17, 15) is 9.90 Å². The van der Waals surface area contributed by atoms with Gasteiger partial charge in [-0.3, -0.25) is 4.79 Å². The zero-order valence-electron chi connectivity index (χ0n) is 8.86. The van der Waals surface area contributed by atoms with Crippen molar-refractivity contribution in [1.82, 2.24) is 0 Å². The fourth-order valence-corrected chi connectivity index (χ4v) is 1.64. The SMILES string of the molecule is NC(=O)c1ccc(N)cc1NC1(CO)CC1. The highest BCUT2D eigenvalue weighted by molar-refractivity contribution is 5.99. The quantitative estimate of drug-likeness (QED) is 0.549. The van der Waals surface area contributed by atoms with E-state index < -0.39 is 5.91 Å². The maximum absolute atomic E-state index is 11.2. The normalized spacial score (nSPS) is 16.8. The summed E-state index contributed by atoms with van der Waals surface area (Å²) in [4.78, 5) is 11.2. The van der Waals surface area contributed by atoms with E-state index in [0.29, 0.717) is 16.9 Å². The molecule has 5 nitrogen and oxygen atoms in total. The van der Waals surface area contributed by atoms with Crippen LogP contribution < -0.4 is 16.8 Å². The maximum Gasteiger partial charge on any atom is 0.250 e. The van der Waals surface area contributed by atoms with Crippen LogP contribution in [0.15, 0.2) is 18.2 Å². The molecule has 86 valence electrons. The third-order valence-electron chi connectivity index (χ3n) is 2.87. The Labute approximate surface area is 93.4 Å². The number of hydrogen-bond donors (Lipinski definition) is 4. The Morgan fingerprint density at radius 3 is 2.69 bits per heavy atom. The topological polar surface area (TPSA) is 101 Å². The van der Waals surface area contributed by atoms with Crippen molar-refractivity contribution in [3.05, 3.63) is 23.8 Å². The Bertz CT molecular complexity index is 427. The number of rotatable bonds is 4. The highest BCUT2D eigenvalue weighted by atomic mass is 16.3. The lowest BCUT2D eigenvalue weighted by atomic mass is 10.1. The smallest absolute Gasteiger partial charge is 0.250 e. The van der Waals surface area contributed by atoms with Gasteiger partial charge in [0.2, 0.25) is 0 Å². The van der Waals surface area contributed by atoms with Gasteiger partial charge in [0.15, 0.2) is 0 Å². The predicted molar refractivity (Wildman–Crippen MR) is 62.0 cm³/mol. The van der Waals surface area contributed by atoms with E-state index in [1.807, 2.05) is 0 Å². The standard InChI is InChI=1S/C11H15N3O2/c12-7-1-2-8(10(13)16)9(5-7)14-11(6-15)3-4-11/h1-2,5,14-15H,3-4,6,12H2,(H2,13,16). The summed E-state index contributed by atoms with van der Waals surface area (Å²) in [5.41, 5.74) is 12.2. The fraction of sp³-hybridized carbons (Fsp3) is 0.364. The maximum atomic E-state index is 11.2. The minimum absolute atomic E-state index is 0.0417. The van der Waals surface area contributed by atoms with Gasteiger partial charge in [-0.05, 0) is 31.0 Å². The van der Waals surface area contributed by atoms with Gasteiger partial charge in [0.05, 0.1) is 17.7 Å². The predicted octanol–water partition coefficient (Wildman–Crippen LogP) is 0.304. The lowest BCUT2D eigenvalue weighted by Crippen LogP contribution is -2.27. The van der Waals surface area contributed by atoms with Crippen LogP contribution in [0, 0.1) is 0 Å². The molecule has 6 N–H and O–H groups in total. The van der Waals surface area contributed by atoms with Crippen LogP contribution in [0.5, 0.6) is 0 Å². The van der Waals surface area contributed by atoms with Crippen molar-refractivity contribution in [2.45, 2.75) is 18.4 Å². The molecule has 16 heavy (non-hydrogen) atoms. The Kier molecular flexibility index (Phi) is 2.47. The average Bonchev–Trinajstić information content (AvgIpc) is 2.98. The average molecular weight is 221 g/mol. The number of nitrogens with one attached hydrogen (secondary N) is 1. The molecule has 5 heteroatoms. The van der Waals surface area contributed by atoms with Gasteiger partial charge < -0.3 is 21.9 Å². The van der Waals surface area contributed by atoms with Crippen molar-refractivity contribution >= 4 is 17.3 Å². The van der Waals surface area contributed by atoms with Crippen LogP contribution in [0.3, 0.4) is 0 Å². The van der Waals surface area contributed by atoms with E-state index in [1.54, 1.807) is 18.2 Å². The molecule has 0 saturated heterocycles. The van der Waals surface area contributed by atoms with E-state index in [2.05, 4.69) is 5.32 Å². The van der Waals surface area contributed by atoms with Crippen molar-refractivity contribution in [3.63, 3.8) is 0 Å². The van der Waals surface area contributed by atoms with Crippen molar-refractivity contribution in [1.29, 1.82) is 0 Å². The molecule has 0 atom stereocenters. The van der Waals surface area contributed by atoms with Crippen LogP contribution in [0.25, 0.3) is 0 Å². The Morgan fingerprint density at radius 1 is 1.50 bits per heavy atom. The lowest BCUT2D eigenvalue weighted by Gasteiger charge is -2.18. The third kappa shape index (κ3) is 1.94. The molecule has 1 aliphatic rings. The lowest BCUT2D eigenvalue weighted by molar-refractivity contribution is 0.100. The zero-order valence-corrected chi connectivity index (χ0v) is 8.86. The van der Waals surface area contributed by atoms with Gasteiger partial charge in [-0.1, -0.05) is 0 Å². The molecule has 1 saturated carbocycles. The van der Waals surface area contributed by atoms with Gasteiger partial charge in [0.1, 0.15) is 0 Å². The van der Waals surface area contributed by atoms with Gasteiger partial charge in [0, 0.05) is 11.4 Å². The Morgan fingerprint density at radius 2 is 2.19 bits per heavy atom. The minimum Gasteiger partial charge on any atom is -0.399 e. The Balaban J connectivity index is 2.31. The molecule has 0 radical (unpaired) electrons. The first kappa shape index (κ1) is 10.8. The summed E-state index contributed by atoms with van der Waals surface area (Å²) in [6.07, 6.45) is 1.77. The molecule has 1 amide bonds. The second-order valence-electron chi connectivity index (χ2n) is 4.23. The zero-order chi connectivity index (χ0) is 11.8. The molecule has 0 bridgehead atoms. The van der Waals surface area contributed by atoms with Crippen LogP contribution in [0.4, 0.5) is 11.4 Å². The van der Waals surface area contributed by atoms with Crippen LogP contribution >= 0.6 is 0 Å². The van der Waals surface area contributed by atoms with E-state index >= 15 is 0 Å². The summed E-state index contributed by atoms with van der Waals surface area (Å²) in [5, 5.41) is 12.3. The molecule has 0 aromatic heterocycles. The van der Waals surface area contributed by atoms with Crippen molar-refractivity contribution < 1.29 is 9.90 Å². The second kappa shape index (κ2) is 3.68. The van der Waals surface area contributed by atoms with Crippen molar-refractivity contribution in [2.24, 2.45) is 5.73 Å². The van der Waals surface area contributed by atoms with E-state index in [4.69, 9.17) is 11.5 Å². The Hall–Kier alpha value is -1.75. The number of carbonyl (C=O) groups is 1. The van der Waals surface area contributed by atoms with Gasteiger partial charge >= 0.3 is 0 Å². The number of carbonyl (C=O) groups excluding carboxylic acids is 1. The van der Waals surface area contributed by atoms with Crippen LogP contribution in [0.2, 0.25) is 0 Å². The molecule has 1 aromatic carbocycles. The number of amides is 1. The fourth-order valence-electron chi connectivity index (χ4n) is 1.64. The number of hydrogen-bond acceptors (Lipinski definition) is 4. The number of nitrogen functional groups attached to an aromatic ring is 1. The first-order chi connectivity index (χ1) is 7.56. The number of anilines is 2. The molecule has 0 aliphatic heterocycles. The van der Waals surface area contributed by atoms with Crippen molar-refractivity contribution in [3.8, 4) is 0 Å². The number of primary amides is 1. The molecule has 2 rings (SSSR count). The summed E-state index contributed by atoms with van der Waals surface area (Å²) < 4.78 is 0. The van der Waals surface area contributed by atoms with Crippen LogP contribution in [0.1, 0.15) is 23.2 Å². The summed E-state index contributed by atoms with van der Waals surface area (Å²) in [5.74, 6) is -0.503. The van der Waals surface area contributed by atoms with Gasteiger partial charge in [0.25, 0.3) is 5.91 Å². The largest absolute Gasteiger partial charge is 0.399 e. The molecule has 0 heterocycles. The molecule has 1 aliphatic carbocycles. The molecular weight excluding hydrogens is 206 g/mol. The number of aliphatic hydroxyl groups is 1. The number of aliphatic hydroxyl groups excluding tert-OH is 1. The third-order valence-corrected chi connectivity index (χ3v) is 2.87. The van der Waals surface area contributed by atoms with E-state index in [0.717, 1.165) is 12.8 Å². The molecular formula is C11H15N3O2. The summed E-state index contributed by atoms with van der Waals surface area (Å²) in [6, 6.07) is 4.88. The highest BCUT2D eigenvalue weighted by Gasteiger charge is 2.42. The van der Waals surface area contributed by atoms with Crippen molar-refractivity contribution in [2.75, 3.05) is 17.7 Å². The second-order valence-corrected chi connectivity index (χ2v) is 4.23. The summed E-state index contributed by atoms with van der Waals surface area (Å²) in [6.45, 7) is 0.0417. The minimum atomic E-state index is -0.503. The van der Waals surface area contributed by atoms with E-state index in [1.165, 1.54) is 0 Å². The van der Waals surface area contributed by atoms with E-state index in [-0.39, 0.29) is 12.1 Å². The number of nitrogens with two attached hydrogens (primary N) is 2. The van der Waals surface area contributed by atoms with Gasteiger partial charge in [-0.15, -0.1) is 0 Å². The summed E-state index contributed by atoms with van der Waals surface area (Å²) >= 11 is 0. The molecule has 0 spiro atoms. The first-order valence-corrected chi connectivity index (χ1v) is 5.15. The van der Waals surface area contributed by atoms with Crippen LogP contribution in [-0.2, 0) is 0 Å². The molecule has 1 aromatic rings. The first-order valence-electron chi connectivity index (χ1n) is 5.15. The molecule has 0 unspecified atom stereocenters. The monoisotopic (exact) mass is 221 g/mol. The molecule has 1 fully saturated rings. The van der Waals surface area contributed by atoms with Gasteiger partial charge in [-0.2, -0.15) is 0 Å². The summed E-state index contributed by atoms with van der Waals surface area (Å²) in [7, 11) is 0. The number of benzene rings is 1. The highest BCUT2D eigenvalue weighted by Crippen LogP contribution is 2.39. The van der Waals surface area contributed by atoms with Crippen LogP contribution in [-0.4, -0.2) is 23.2 Å². The van der Waals surface area contributed by atoms with Gasteiger partial charge in [-0.25, -0.2) is 0 Å².